The van der Waals surface area contributed by atoms with Crippen LogP contribution < -0.4 is 5.73 Å². The molecule has 6 nitrogen and oxygen atoms in total. The highest BCUT2D eigenvalue weighted by Crippen LogP contribution is 2.24. The molecule has 2 aliphatic heterocycles. The molecule has 0 aromatic heterocycles. The molecular weight excluding hydrogens is 316 g/mol. The van der Waals surface area contributed by atoms with Crippen LogP contribution in [0.2, 0.25) is 0 Å². The first-order valence-electron chi connectivity index (χ1n) is 9.85. The maximum absolute atomic E-state index is 12.7. The van der Waals surface area contributed by atoms with E-state index in [2.05, 4.69) is 25.7 Å². The molecule has 2 fully saturated rings. The van der Waals surface area contributed by atoms with Crippen LogP contribution >= 0.6 is 0 Å². The minimum atomic E-state index is -0.191. The molecule has 144 valence electrons. The fourth-order valence-electron chi connectivity index (χ4n) is 3.98. The van der Waals surface area contributed by atoms with Crippen molar-refractivity contribution in [1.29, 1.82) is 0 Å². The van der Waals surface area contributed by atoms with Crippen LogP contribution in [0.15, 0.2) is 0 Å². The molecule has 2 N–H and O–H groups in total. The topological polar surface area (TPSA) is 69.9 Å². The third-order valence-corrected chi connectivity index (χ3v) is 5.93. The van der Waals surface area contributed by atoms with E-state index in [0.29, 0.717) is 31.5 Å². The van der Waals surface area contributed by atoms with Gasteiger partial charge >= 0.3 is 0 Å². The maximum Gasteiger partial charge on any atom is 0.227 e. The van der Waals surface area contributed by atoms with E-state index in [0.717, 1.165) is 32.5 Å². The van der Waals surface area contributed by atoms with E-state index in [1.165, 1.54) is 6.42 Å². The van der Waals surface area contributed by atoms with E-state index >= 15 is 0 Å². The summed E-state index contributed by atoms with van der Waals surface area (Å²) >= 11 is 0. The molecule has 3 atom stereocenters. The number of carbonyl (C=O) groups excluding carboxylic acids is 2. The number of likely N-dealkylation sites (tertiary alicyclic amines) is 2. The largest absolute Gasteiger partial charge is 0.345 e. The molecule has 0 saturated carbocycles. The zero-order valence-corrected chi connectivity index (χ0v) is 16.4. The Labute approximate surface area is 152 Å². The average molecular weight is 353 g/mol. The molecule has 2 heterocycles. The van der Waals surface area contributed by atoms with Crippen LogP contribution in [0.4, 0.5) is 0 Å². The van der Waals surface area contributed by atoms with Crippen molar-refractivity contribution in [2.24, 2.45) is 17.6 Å². The second-order valence-electron chi connectivity index (χ2n) is 8.08. The summed E-state index contributed by atoms with van der Waals surface area (Å²) < 4.78 is 0. The molecule has 0 aromatic carbocycles. The van der Waals surface area contributed by atoms with E-state index in [1.807, 2.05) is 11.9 Å². The minimum Gasteiger partial charge on any atom is -0.345 e. The molecular formula is C19H36N4O2. The Morgan fingerprint density at radius 2 is 2.12 bits per heavy atom. The molecule has 2 amide bonds. The first-order chi connectivity index (χ1) is 11.8. The van der Waals surface area contributed by atoms with Crippen LogP contribution in [0.3, 0.4) is 0 Å². The van der Waals surface area contributed by atoms with E-state index in [1.54, 1.807) is 4.90 Å². The molecule has 0 aliphatic carbocycles. The van der Waals surface area contributed by atoms with Crippen molar-refractivity contribution in [3.05, 3.63) is 0 Å². The highest BCUT2D eigenvalue weighted by molar-refractivity contribution is 5.89. The lowest BCUT2D eigenvalue weighted by Gasteiger charge is -2.28. The number of hydrogen-bond acceptors (Lipinski definition) is 4. The van der Waals surface area contributed by atoms with Crippen molar-refractivity contribution in [1.82, 2.24) is 14.7 Å². The summed E-state index contributed by atoms with van der Waals surface area (Å²) in [5.41, 5.74) is 6.08. The van der Waals surface area contributed by atoms with Gasteiger partial charge in [-0.15, -0.1) is 0 Å². The quantitative estimate of drug-likeness (QED) is 0.711. The summed E-state index contributed by atoms with van der Waals surface area (Å²) in [6.45, 7) is 10.6. The van der Waals surface area contributed by atoms with Crippen molar-refractivity contribution in [2.75, 3.05) is 39.8 Å². The summed E-state index contributed by atoms with van der Waals surface area (Å²) in [4.78, 5) is 31.2. The van der Waals surface area contributed by atoms with Gasteiger partial charge in [-0.25, -0.2) is 0 Å². The summed E-state index contributed by atoms with van der Waals surface area (Å²) in [5.74, 6) is 0.448. The molecule has 0 radical (unpaired) electrons. The minimum absolute atomic E-state index is 0.0885. The molecule has 0 aromatic rings. The van der Waals surface area contributed by atoms with Gasteiger partial charge in [0.15, 0.2) is 0 Å². The van der Waals surface area contributed by atoms with Crippen LogP contribution in [0.25, 0.3) is 0 Å². The molecule has 2 rings (SSSR count). The summed E-state index contributed by atoms with van der Waals surface area (Å²) in [5, 5.41) is 0. The van der Waals surface area contributed by atoms with Crippen LogP contribution in [0.1, 0.15) is 46.5 Å². The Kier molecular flexibility index (Phi) is 7.25. The molecule has 2 saturated heterocycles. The normalized spacial score (nSPS) is 25.8. The van der Waals surface area contributed by atoms with Gasteiger partial charge in [0.05, 0.1) is 5.92 Å². The smallest absolute Gasteiger partial charge is 0.227 e. The fourth-order valence-corrected chi connectivity index (χ4v) is 3.98. The van der Waals surface area contributed by atoms with Gasteiger partial charge in [0.1, 0.15) is 0 Å². The number of hydrogen-bond donors (Lipinski definition) is 1. The predicted octanol–water partition coefficient (Wildman–Crippen LogP) is 1.15. The van der Waals surface area contributed by atoms with Crippen LogP contribution in [-0.4, -0.2) is 78.4 Å². The highest BCUT2D eigenvalue weighted by atomic mass is 16.2. The van der Waals surface area contributed by atoms with Gasteiger partial charge < -0.3 is 15.5 Å². The number of rotatable bonds is 8. The number of carbonyl (C=O) groups is 2. The third kappa shape index (κ3) is 5.17. The molecule has 0 bridgehead atoms. The molecule has 0 spiro atoms. The first kappa shape index (κ1) is 20.2. The summed E-state index contributed by atoms with van der Waals surface area (Å²) in [7, 11) is 1.83. The van der Waals surface area contributed by atoms with Crippen molar-refractivity contribution < 1.29 is 9.59 Å². The second kappa shape index (κ2) is 8.99. The van der Waals surface area contributed by atoms with Crippen molar-refractivity contribution in [3.8, 4) is 0 Å². The lowest BCUT2D eigenvalue weighted by Crippen LogP contribution is -2.42. The summed E-state index contributed by atoms with van der Waals surface area (Å²) in [6.07, 6.45) is 3.53. The van der Waals surface area contributed by atoms with Gasteiger partial charge in [-0.2, -0.15) is 0 Å². The van der Waals surface area contributed by atoms with Gasteiger partial charge in [-0.3, -0.25) is 14.5 Å². The fraction of sp³-hybridized carbons (Fsp3) is 0.895. The Morgan fingerprint density at radius 1 is 1.40 bits per heavy atom. The van der Waals surface area contributed by atoms with Crippen molar-refractivity contribution in [3.63, 3.8) is 0 Å². The molecule has 25 heavy (non-hydrogen) atoms. The van der Waals surface area contributed by atoms with Crippen molar-refractivity contribution in [2.45, 2.75) is 58.5 Å². The SMILES string of the molecule is CCN1CCCC1CN1CC(C(=O)N(C)CCC(N)C(C)C)CC1=O. The van der Waals surface area contributed by atoms with Crippen LogP contribution in [0.5, 0.6) is 0 Å². The Balaban J connectivity index is 1.83. The number of nitrogens with two attached hydrogens (primary N) is 1. The monoisotopic (exact) mass is 352 g/mol. The standard InChI is InChI=1S/C19H36N4O2/c1-5-22-9-6-7-16(22)13-23-12-15(11-18(23)24)19(25)21(4)10-8-17(20)14(2)3/h14-17H,5-13,20H2,1-4H3. The molecule has 6 heteroatoms. The zero-order chi connectivity index (χ0) is 18.6. The third-order valence-electron chi connectivity index (χ3n) is 5.93. The van der Waals surface area contributed by atoms with Gasteiger partial charge in [-0.1, -0.05) is 20.8 Å². The van der Waals surface area contributed by atoms with Crippen molar-refractivity contribution >= 4 is 11.8 Å². The summed E-state index contributed by atoms with van der Waals surface area (Å²) in [6, 6.07) is 0.573. The van der Waals surface area contributed by atoms with Gasteiger partial charge in [0.25, 0.3) is 0 Å². The highest BCUT2D eigenvalue weighted by Gasteiger charge is 2.37. The van der Waals surface area contributed by atoms with E-state index < -0.39 is 0 Å². The Bertz CT molecular complexity index is 468. The number of nitrogens with zero attached hydrogens (tertiary/aromatic N) is 3. The lowest BCUT2D eigenvalue weighted by atomic mass is 10.0. The van der Waals surface area contributed by atoms with Gasteiger partial charge in [-0.05, 0) is 38.3 Å². The Morgan fingerprint density at radius 3 is 2.76 bits per heavy atom. The van der Waals surface area contributed by atoms with E-state index in [-0.39, 0.29) is 23.8 Å². The van der Waals surface area contributed by atoms with Gasteiger partial charge in [0.2, 0.25) is 11.8 Å². The number of amides is 2. The second-order valence-corrected chi connectivity index (χ2v) is 8.08. The lowest BCUT2D eigenvalue weighted by molar-refractivity contribution is -0.134. The maximum atomic E-state index is 12.7. The van der Waals surface area contributed by atoms with E-state index in [4.69, 9.17) is 5.73 Å². The van der Waals surface area contributed by atoms with Crippen LogP contribution in [0, 0.1) is 11.8 Å². The Hall–Kier alpha value is -1.14. The molecule has 2 aliphatic rings. The van der Waals surface area contributed by atoms with Gasteiger partial charge in [0, 0.05) is 45.2 Å². The average Bonchev–Trinajstić information content (AvgIpc) is 3.18. The molecule has 3 unspecified atom stereocenters. The predicted molar refractivity (Wildman–Crippen MR) is 100 cm³/mol. The zero-order valence-electron chi connectivity index (χ0n) is 16.4. The van der Waals surface area contributed by atoms with Crippen LogP contribution in [-0.2, 0) is 9.59 Å². The van der Waals surface area contributed by atoms with E-state index in [9.17, 15) is 9.59 Å². The first-order valence-corrected chi connectivity index (χ1v) is 9.85. The number of likely N-dealkylation sites (N-methyl/N-ethyl adjacent to an activating group) is 1.